The van der Waals surface area contributed by atoms with Gasteiger partial charge in [0.25, 0.3) is 0 Å². The number of benzene rings is 2. The van der Waals surface area contributed by atoms with Gasteiger partial charge in [0.15, 0.2) is 0 Å². The summed E-state index contributed by atoms with van der Waals surface area (Å²) in [5, 5.41) is 0. The van der Waals surface area contributed by atoms with E-state index in [-0.39, 0.29) is 0 Å². The molecule has 0 aliphatic heterocycles. The fourth-order valence-corrected chi connectivity index (χ4v) is 2.53. The van der Waals surface area contributed by atoms with E-state index in [4.69, 9.17) is 5.73 Å². The van der Waals surface area contributed by atoms with Gasteiger partial charge >= 0.3 is 0 Å². The third kappa shape index (κ3) is 2.96. The van der Waals surface area contributed by atoms with Crippen molar-refractivity contribution in [2.24, 2.45) is 0 Å². The van der Waals surface area contributed by atoms with Crippen LogP contribution in [0.1, 0.15) is 22.3 Å². The molecule has 0 radical (unpaired) electrons. The van der Waals surface area contributed by atoms with Gasteiger partial charge in [0.05, 0.1) is 11.4 Å². The molecule has 0 atom stereocenters. The lowest BCUT2D eigenvalue weighted by Crippen LogP contribution is -2.21. The highest BCUT2D eigenvalue weighted by atomic mass is 15.1. The van der Waals surface area contributed by atoms with E-state index in [1.807, 2.05) is 18.2 Å². The van der Waals surface area contributed by atoms with Crippen LogP contribution in [0, 0.1) is 20.8 Å². The molecule has 0 amide bonds. The number of likely N-dealkylation sites (N-methyl/N-ethyl adjacent to an activating group) is 1. The van der Waals surface area contributed by atoms with Crippen LogP contribution in [0.5, 0.6) is 0 Å². The first-order valence-corrected chi connectivity index (χ1v) is 7.12. The minimum atomic E-state index is 0.840. The Hall–Kier alpha value is -1.96. The second-order valence-electron chi connectivity index (χ2n) is 5.52. The average Bonchev–Trinajstić information content (AvgIpc) is 2.44. The zero-order valence-corrected chi connectivity index (χ0v) is 12.9. The van der Waals surface area contributed by atoms with Crippen molar-refractivity contribution in [2.75, 3.05) is 24.2 Å². The van der Waals surface area contributed by atoms with Crippen LogP contribution in [0.25, 0.3) is 0 Å². The molecule has 2 aromatic rings. The number of para-hydroxylation sites is 2. The number of nitrogen functional groups attached to an aromatic ring is 1. The van der Waals surface area contributed by atoms with Gasteiger partial charge in [0.2, 0.25) is 0 Å². The van der Waals surface area contributed by atoms with Gasteiger partial charge in [0, 0.05) is 13.6 Å². The average molecular weight is 268 g/mol. The molecule has 2 rings (SSSR count). The standard InChI is InChI=1S/C18H24N2/c1-13-9-10-16(15(3)14(13)2)11-12-20(4)18-8-6-5-7-17(18)19/h5-10H,11-12,19H2,1-4H3. The minimum absolute atomic E-state index is 0.840. The molecule has 0 spiro atoms. The first-order valence-electron chi connectivity index (χ1n) is 7.12. The molecule has 2 aromatic carbocycles. The predicted octanol–water partition coefficient (Wildman–Crippen LogP) is 3.87. The number of rotatable bonds is 4. The van der Waals surface area contributed by atoms with Crippen LogP contribution < -0.4 is 10.6 Å². The van der Waals surface area contributed by atoms with E-state index < -0.39 is 0 Å². The molecule has 0 bridgehead atoms. The molecule has 0 fully saturated rings. The third-order valence-electron chi connectivity index (χ3n) is 4.23. The van der Waals surface area contributed by atoms with Crippen molar-refractivity contribution in [3.8, 4) is 0 Å². The Labute approximate surface area is 122 Å². The van der Waals surface area contributed by atoms with Crippen LogP contribution in [0.4, 0.5) is 11.4 Å². The summed E-state index contributed by atoms with van der Waals surface area (Å²) >= 11 is 0. The molecule has 0 heterocycles. The van der Waals surface area contributed by atoms with Gasteiger partial charge in [-0.05, 0) is 61.6 Å². The van der Waals surface area contributed by atoms with Crippen LogP contribution in [-0.2, 0) is 6.42 Å². The minimum Gasteiger partial charge on any atom is -0.397 e. The van der Waals surface area contributed by atoms with Gasteiger partial charge in [-0.25, -0.2) is 0 Å². The van der Waals surface area contributed by atoms with Crippen molar-refractivity contribution in [2.45, 2.75) is 27.2 Å². The van der Waals surface area contributed by atoms with Crippen molar-refractivity contribution >= 4 is 11.4 Å². The summed E-state index contributed by atoms with van der Waals surface area (Å²) in [5.74, 6) is 0. The van der Waals surface area contributed by atoms with E-state index >= 15 is 0 Å². The van der Waals surface area contributed by atoms with E-state index in [1.54, 1.807) is 0 Å². The van der Waals surface area contributed by atoms with Crippen LogP contribution in [0.3, 0.4) is 0 Å². The van der Waals surface area contributed by atoms with E-state index in [0.29, 0.717) is 0 Å². The highest BCUT2D eigenvalue weighted by molar-refractivity contribution is 5.66. The number of hydrogen-bond donors (Lipinski definition) is 1. The topological polar surface area (TPSA) is 29.3 Å². The first-order chi connectivity index (χ1) is 9.50. The van der Waals surface area contributed by atoms with Crippen molar-refractivity contribution in [3.63, 3.8) is 0 Å². The summed E-state index contributed by atoms with van der Waals surface area (Å²) in [7, 11) is 2.10. The predicted molar refractivity (Wildman–Crippen MR) is 88.5 cm³/mol. The molecule has 2 nitrogen and oxygen atoms in total. The second-order valence-corrected chi connectivity index (χ2v) is 5.52. The van der Waals surface area contributed by atoms with Crippen LogP contribution >= 0.6 is 0 Å². The van der Waals surface area contributed by atoms with Crippen molar-refractivity contribution < 1.29 is 0 Å². The fraction of sp³-hybridized carbons (Fsp3) is 0.333. The molecule has 0 saturated carbocycles. The van der Waals surface area contributed by atoms with E-state index in [1.165, 1.54) is 22.3 Å². The molecule has 20 heavy (non-hydrogen) atoms. The maximum Gasteiger partial charge on any atom is 0.0597 e. The Bertz CT molecular complexity index is 602. The maximum atomic E-state index is 6.02. The summed E-state index contributed by atoms with van der Waals surface area (Å²) in [4.78, 5) is 2.23. The lowest BCUT2D eigenvalue weighted by Gasteiger charge is -2.22. The normalized spacial score (nSPS) is 10.6. The molecule has 0 unspecified atom stereocenters. The van der Waals surface area contributed by atoms with E-state index in [0.717, 1.165) is 24.3 Å². The molecule has 0 aliphatic rings. The zero-order chi connectivity index (χ0) is 14.7. The number of nitrogens with two attached hydrogens (primary N) is 1. The van der Waals surface area contributed by atoms with Gasteiger partial charge < -0.3 is 10.6 Å². The SMILES string of the molecule is Cc1ccc(CCN(C)c2ccccc2N)c(C)c1C. The molecule has 0 saturated heterocycles. The van der Waals surface area contributed by atoms with Crippen LogP contribution in [-0.4, -0.2) is 13.6 Å². The molecular weight excluding hydrogens is 244 g/mol. The zero-order valence-electron chi connectivity index (χ0n) is 12.9. The maximum absolute atomic E-state index is 6.02. The van der Waals surface area contributed by atoms with Crippen molar-refractivity contribution in [1.82, 2.24) is 0 Å². The van der Waals surface area contributed by atoms with Crippen molar-refractivity contribution in [3.05, 3.63) is 58.7 Å². The molecule has 2 N–H and O–H groups in total. The Morgan fingerprint density at radius 1 is 0.950 bits per heavy atom. The summed E-state index contributed by atoms with van der Waals surface area (Å²) < 4.78 is 0. The van der Waals surface area contributed by atoms with Crippen LogP contribution in [0.2, 0.25) is 0 Å². The monoisotopic (exact) mass is 268 g/mol. The van der Waals surface area contributed by atoms with Gasteiger partial charge in [-0.15, -0.1) is 0 Å². The lowest BCUT2D eigenvalue weighted by molar-refractivity contribution is 0.870. The molecule has 0 aromatic heterocycles. The Balaban J connectivity index is 2.10. The Morgan fingerprint density at radius 2 is 1.65 bits per heavy atom. The quantitative estimate of drug-likeness (QED) is 0.853. The summed E-state index contributed by atoms with van der Waals surface area (Å²) in [6, 6.07) is 12.5. The van der Waals surface area contributed by atoms with Crippen LogP contribution in [0.15, 0.2) is 36.4 Å². The highest BCUT2D eigenvalue weighted by Gasteiger charge is 2.07. The Morgan fingerprint density at radius 3 is 2.35 bits per heavy atom. The largest absolute Gasteiger partial charge is 0.397 e. The van der Waals surface area contributed by atoms with Gasteiger partial charge in [-0.2, -0.15) is 0 Å². The van der Waals surface area contributed by atoms with Gasteiger partial charge in [0.1, 0.15) is 0 Å². The second kappa shape index (κ2) is 6.00. The van der Waals surface area contributed by atoms with E-state index in [2.05, 4.69) is 50.9 Å². The summed E-state index contributed by atoms with van der Waals surface area (Å²) in [6.07, 6.45) is 1.04. The molecule has 2 heteroatoms. The lowest BCUT2D eigenvalue weighted by atomic mass is 9.97. The molecule has 106 valence electrons. The molecular formula is C18H24N2. The third-order valence-corrected chi connectivity index (χ3v) is 4.23. The Kier molecular flexibility index (Phi) is 4.33. The fourth-order valence-electron chi connectivity index (χ4n) is 2.53. The number of anilines is 2. The highest BCUT2D eigenvalue weighted by Crippen LogP contribution is 2.22. The van der Waals surface area contributed by atoms with Gasteiger partial charge in [-0.1, -0.05) is 24.3 Å². The number of nitrogens with zero attached hydrogens (tertiary/aromatic N) is 1. The number of aryl methyl sites for hydroxylation is 1. The summed E-state index contributed by atoms with van der Waals surface area (Å²) in [5.41, 5.74) is 13.6. The number of hydrogen-bond acceptors (Lipinski definition) is 2. The molecule has 0 aliphatic carbocycles. The smallest absolute Gasteiger partial charge is 0.0597 e. The van der Waals surface area contributed by atoms with Crippen molar-refractivity contribution in [1.29, 1.82) is 0 Å². The van der Waals surface area contributed by atoms with Gasteiger partial charge in [-0.3, -0.25) is 0 Å². The summed E-state index contributed by atoms with van der Waals surface area (Å²) in [6.45, 7) is 7.56. The first kappa shape index (κ1) is 14.4. The van der Waals surface area contributed by atoms with E-state index in [9.17, 15) is 0 Å².